The van der Waals surface area contributed by atoms with Crippen LogP contribution in [0.15, 0.2) is 18.2 Å². The van der Waals surface area contributed by atoms with Crippen LogP contribution >= 0.6 is 0 Å². The Hall–Kier alpha value is -1.88. The lowest BCUT2D eigenvalue weighted by Crippen LogP contribution is -2.47. The van der Waals surface area contributed by atoms with Gasteiger partial charge in [-0.1, -0.05) is 13.0 Å². The Kier molecular flexibility index (Phi) is 6.64. The van der Waals surface area contributed by atoms with Crippen LogP contribution in [-0.2, 0) is 16.0 Å². The zero-order chi connectivity index (χ0) is 24.9. The molecule has 36 heavy (non-hydrogen) atoms. The van der Waals surface area contributed by atoms with Gasteiger partial charge in [0.1, 0.15) is 11.5 Å². The lowest BCUT2D eigenvalue weighted by Gasteiger charge is -2.49. The average Bonchev–Trinajstić information content (AvgIpc) is 3.61. The van der Waals surface area contributed by atoms with Crippen LogP contribution < -0.4 is 4.74 Å². The number of amides is 1. The number of aryl methyl sites for hydroxylation is 1. The summed E-state index contributed by atoms with van der Waals surface area (Å²) in [5.41, 5.74) is 2.57. The molecular weight excluding hydrogens is 448 g/mol. The molecule has 0 N–H and O–H groups in total. The molecular formula is C31H44N2O3. The highest BCUT2D eigenvalue weighted by Crippen LogP contribution is 2.61. The second kappa shape index (κ2) is 9.78. The van der Waals surface area contributed by atoms with Crippen LogP contribution in [0.25, 0.3) is 0 Å². The third kappa shape index (κ3) is 4.19. The van der Waals surface area contributed by atoms with Crippen molar-refractivity contribution >= 4 is 11.7 Å². The molecule has 5 nitrogen and oxygen atoms in total. The first-order chi connectivity index (χ1) is 17.5. The number of fused-ring (bicyclic) bond motifs is 5. The van der Waals surface area contributed by atoms with Gasteiger partial charge in [-0.25, -0.2) is 0 Å². The molecule has 6 rings (SSSR count). The lowest BCUT2D eigenvalue weighted by molar-refractivity contribution is -0.138. The molecule has 3 aliphatic carbocycles. The molecule has 2 heterocycles. The Morgan fingerprint density at radius 3 is 2.72 bits per heavy atom. The van der Waals surface area contributed by atoms with Gasteiger partial charge in [0.2, 0.25) is 5.91 Å². The summed E-state index contributed by atoms with van der Waals surface area (Å²) in [5.74, 6) is 2.63. The van der Waals surface area contributed by atoms with E-state index in [-0.39, 0.29) is 23.2 Å². The summed E-state index contributed by atoms with van der Waals surface area (Å²) in [6.45, 7) is 9.42. The highest BCUT2D eigenvalue weighted by atomic mass is 16.5. The van der Waals surface area contributed by atoms with Gasteiger partial charge in [0.05, 0.1) is 6.61 Å². The molecule has 0 aromatic heterocycles. The number of ketones is 1. The summed E-state index contributed by atoms with van der Waals surface area (Å²) in [5, 5.41) is 0. The maximum Gasteiger partial charge on any atom is 0.226 e. The molecule has 1 aromatic carbocycles. The Balaban J connectivity index is 1.14. The first-order valence-electron chi connectivity index (χ1n) is 14.8. The minimum atomic E-state index is -0.311. The van der Waals surface area contributed by atoms with Gasteiger partial charge in [-0.05, 0) is 112 Å². The van der Waals surface area contributed by atoms with Gasteiger partial charge < -0.3 is 14.5 Å². The molecule has 0 bridgehead atoms. The van der Waals surface area contributed by atoms with Gasteiger partial charge in [0.15, 0.2) is 0 Å². The van der Waals surface area contributed by atoms with E-state index in [0.717, 1.165) is 83.0 Å². The molecule has 0 spiro atoms. The van der Waals surface area contributed by atoms with Gasteiger partial charge in [-0.15, -0.1) is 0 Å². The summed E-state index contributed by atoms with van der Waals surface area (Å²) in [6.07, 6.45) is 10.5. The van der Waals surface area contributed by atoms with E-state index in [1.54, 1.807) is 0 Å². The van der Waals surface area contributed by atoms with Crippen molar-refractivity contribution in [1.82, 2.24) is 9.80 Å². The fourth-order valence-corrected chi connectivity index (χ4v) is 8.72. The van der Waals surface area contributed by atoms with Crippen molar-refractivity contribution in [3.8, 4) is 5.75 Å². The Bertz CT molecular complexity index is 1000. The number of nitrogens with zero attached hydrogens (tertiary/aromatic N) is 2. The van der Waals surface area contributed by atoms with Crippen molar-refractivity contribution in [1.29, 1.82) is 0 Å². The topological polar surface area (TPSA) is 49.9 Å². The highest BCUT2D eigenvalue weighted by molar-refractivity contribution is 5.95. The number of hydrogen-bond donors (Lipinski definition) is 0. The molecule has 2 saturated carbocycles. The Labute approximate surface area is 216 Å². The fourth-order valence-electron chi connectivity index (χ4n) is 8.72. The van der Waals surface area contributed by atoms with Crippen LogP contribution in [0, 0.1) is 23.2 Å². The van der Waals surface area contributed by atoms with E-state index in [1.807, 2.05) is 0 Å². The zero-order valence-corrected chi connectivity index (χ0v) is 22.3. The van der Waals surface area contributed by atoms with Crippen LogP contribution in [0.5, 0.6) is 5.75 Å². The summed E-state index contributed by atoms with van der Waals surface area (Å²) < 4.78 is 6.19. The van der Waals surface area contributed by atoms with Crippen LogP contribution in [0.3, 0.4) is 0 Å². The highest BCUT2D eigenvalue weighted by Gasteiger charge is 2.60. The molecule has 0 radical (unpaired) electrons. The van der Waals surface area contributed by atoms with E-state index in [2.05, 4.69) is 41.8 Å². The van der Waals surface area contributed by atoms with Gasteiger partial charge in [-0.2, -0.15) is 0 Å². The molecule has 6 atom stereocenters. The van der Waals surface area contributed by atoms with Gasteiger partial charge in [-0.3, -0.25) is 9.59 Å². The van der Waals surface area contributed by atoms with E-state index >= 15 is 0 Å². The minimum absolute atomic E-state index is 0.101. The number of hydrogen-bond acceptors (Lipinski definition) is 4. The first-order valence-corrected chi connectivity index (χ1v) is 14.8. The molecule has 1 unspecified atom stereocenters. The largest absolute Gasteiger partial charge is 0.494 e. The minimum Gasteiger partial charge on any atom is -0.494 e. The molecule has 1 amide bonds. The standard InChI is InChI=1S/C31H44N2O3/c1-21-7-5-16-32(21)17-6-18-36-23-9-11-24-22(19-23)8-10-26-25(24)12-13-31(2)28(34)20-27(29(26)31)30(35)33-14-3-4-15-33/h9,11,19,21,25-27,29H,3-8,10,12-18,20H2,1-2H3/t21-,25-,26?,27+,29-,31-/m1/s1. The van der Waals surface area contributed by atoms with Crippen molar-refractivity contribution in [3.63, 3.8) is 0 Å². The smallest absolute Gasteiger partial charge is 0.226 e. The monoisotopic (exact) mass is 492 g/mol. The zero-order valence-electron chi connectivity index (χ0n) is 22.3. The summed E-state index contributed by atoms with van der Waals surface area (Å²) in [7, 11) is 0. The molecule has 196 valence electrons. The molecule has 2 aliphatic heterocycles. The quantitative estimate of drug-likeness (QED) is 0.512. The normalized spacial score (nSPS) is 36.0. The van der Waals surface area contributed by atoms with Crippen molar-refractivity contribution in [2.24, 2.45) is 23.2 Å². The molecule has 4 fully saturated rings. The third-order valence-corrected chi connectivity index (χ3v) is 10.7. The van der Waals surface area contributed by atoms with Crippen LogP contribution in [-0.4, -0.2) is 60.3 Å². The molecule has 5 aliphatic rings. The molecule has 5 heteroatoms. The number of Topliss-reactive ketones (excluding diaryl/α,β-unsaturated/α-hetero) is 1. The average molecular weight is 493 g/mol. The summed E-state index contributed by atoms with van der Waals surface area (Å²) >= 11 is 0. The number of carbonyl (C=O) groups excluding carboxylic acids is 2. The predicted molar refractivity (Wildman–Crippen MR) is 141 cm³/mol. The first kappa shape index (κ1) is 24.5. The van der Waals surface area contributed by atoms with Crippen LogP contribution in [0.1, 0.15) is 88.7 Å². The maximum atomic E-state index is 13.5. The number of likely N-dealkylation sites (tertiary alicyclic amines) is 2. The third-order valence-electron chi connectivity index (χ3n) is 10.7. The Morgan fingerprint density at radius 2 is 1.94 bits per heavy atom. The lowest BCUT2D eigenvalue weighted by atomic mass is 9.54. The second-order valence-electron chi connectivity index (χ2n) is 12.6. The van der Waals surface area contributed by atoms with Crippen LogP contribution in [0.2, 0.25) is 0 Å². The number of ether oxygens (including phenoxy) is 1. The van der Waals surface area contributed by atoms with E-state index in [1.165, 1.54) is 30.5 Å². The van der Waals surface area contributed by atoms with Gasteiger partial charge in [0, 0.05) is 43.4 Å². The SMILES string of the molecule is C[C@@H]1CCCN1CCCOc1ccc2c(c1)CCC1[C@@H]2CC[C@]2(C)C(=O)C[C@H](C(=O)N3CCCC3)[C@@H]12. The van der Waals surface area contributed by atoms with E-state index in [4.69, 9.17) is 4.74 Å². The number of carbonyl (C=O) groups is 2. The van der Waals surface area contributed by atoms with Gasteiger partial charge >= 0.3 is 0 Å². The van der Waals surface area contributed by atoms with Crippen molar-refractivity contribution in [2.75, 3.05) is 32.8 Å². The summed E-state index contributed by atoms with van der Waals surface area (Å²) in [4.78, 5) is 31.4. The number of rotatable bonds is 6. The van der Waals surface area contributed by atoms with Gasteiger partial charge in [0.25, 0.3) is 0 Å². The summed E-state index contributed by atoms with van der Waals surface area (Å²) in [6, 6.07) is 7.48. The van der Waals surface area contributed by atoms with Crippen LogP contribution in [0.4, 0.5) is 0 Å². The van der Waals surface area contributed by atoms with Crippen molar-refractivity contribution in [3.05, 3.63) is 29.3 Å². The second-order valence-corrected chi connectivity index (χ2v) is 12.6. The molecule has 1 aromatic rings. The Morgan fingerprint density at radius 1 is 1.11 bits per heavy atom. The van der Waals surface area contributed by atoms with E-state index < -0.39 is 0 Å². The predicted octanol–water partition coefficient (Wildman–Crippen LogP) is 5.21. The number of benzene rings is 1. The van der Waals surface area contributed by atoms with E-state index in [9.17, 15) is 9.59 Å². The fraction of sp³-hybridized carbons (Fsp3) is 0.742. The maximum absolute atomic E-state index is 13.5. The molecule has 2 saturated heterocycles. The van der Waals surface area contributed by atoms with E-state index in [0.29, 0.717) is 24.0 Å². The van der Waals surface area contributed by atoms with Crippen molar-refractivity contribution < 1.29 is 14.3 Å². The van der Waals surface area contributed by atoms with Crippen molar-refractivity contribution in [2.45, 2.75) is 90.0 Å².